The molecule has 2 heterocycles. The summed E-state index contributed by atoms with van der Waals surface area (Å²) < 4.78 is 2.00. The van der Waals surface area contributed by atoms with Gasteiger partial charge in [-0.2, -0.15) is 0 Å². The van der Waals surface area contributed by atoms with Crippen molar-refractivity contribution >= 4 is 11.5 Å². The Kier molecular flexibility index (Phi) is 3.31. The van der Waals surface area contributed by atoms with Gasteiger partial charge in [0.05, 0.1) is 6.20 Å². The van der Waals surface area contributed by atoms with Gasteiger partial charge in [0, 0.05) is 13.2 Å². The molecule has 0 aliphatic heterocycles. The molecule has 13 heavy (non-hydrogen) atoms. The maximum absolute atomic E-state index is 4.19. The summed E-state index contributed by atoms with van der Waals surface area (Å²) in [6, 6.07) is 5.93. The molecule has 0 atom stereocenters. The molecule has 2 aromatic heterocycles. The maximum atomic E-state index is 4.19. The molecule has 3 nitrogen and oxygen atoms in total. The Labute approximate surface area is 78.4 Å². The lowest BCUT2D eigenvalue weighted by Gasteiger charge is -1.97. The van der Waals surface area contributed by atoms with Gasteiger partial charge in [0.25, 0.3) is 0 Å². The van der Waals surface area contributed by atoms with Gasteiger partial charge in [-0.1, -0.05) is 19.9 Å². The maximum Gasteiger partial charge on any atom is 0.138 e. The number of nitrogens with zero attached hydrogens (tertiary/aromatic N) is 2. The average Bonchev–Trinajstić information content (AvgIpc) is 2.64. The topological polar surface area (TPSA) is 29.3 Å². The van der Waals surface area contributed by atoms with E-state index in [9.17, 15) is 0 Å². The van der Waals surface area contributed by atoms with Crippen LogP contribution in [0.25, 0.3) is 5.65 Å². The average molecular weight is 177 g/mol. The molecule has 2 aromatic rings. The van der Waals surface area contributed by atoms with Gasteiger partial charge in [0.15, 0.2) is 0 Å². The van der Waals surface area contributed by atoms with Crippen LogP contribution in [0.3, 0.4) is 0 Å². The van der Waals surface area contributed by atoms with E-state index in [0.29, 0.717) is 0 Å². The van der Waals surface area contributed by atoms with E-state index in [0.717, 1.165) is 11.5 Å². The Morgan fingerprint density at radius 2 is 2.08 bits per heavy atom. The van der Waals surface area contributed by atoms with E-state index < -0.39 is 0 Å². The zero-order valence-corrected chi connectivity index (χ0v) is 8.28. The molecule has 0 bridgehead atoms. The first-order valence-electron chi connectivity index (χ1n) is 4.51. The highest BCUT2D eigenvalue weighted by atomic mass is 15.1. The van der Waals surface area contributed by atoms with Gasteiger partial charge in [-0.15, -0.1) is 0 Å². The van der Waals surface area contributed by atoms with Crippen LogP contribution in [-0.2, 0) is 0 Å². The van der Waals surface area contributed by atoms with Crippen LogP contribution in [0, 0.1) is 0 Å². The van der Waals surface area contributed by atoms with Gasteiger partial charge in [0.1, 0.15) is 11.5 Å². The minimum Gasteiger partial charge on any atom is -0.373 e. The predicted molar refractivity (Wildman–Crippen MR) is 56.1 cm³/mol. The van der Waals surface area contributed by atoms with Gasteiger partial charge in [-0.05, 0) is 12.1 Å². The van der Waals surface area contributed by atoms with Crippen molar-refractivity contribution in [3.63, 3.8) is 0 Å². The van der Waals surface area contributed by atoms with Crippen molar-refractivity contribution in [1.29, 1.82) is 0 Å². The second-order valence-electron chi connectivity index (χ2n) is 2.32. The molecule has 3 heteroatoms. The lowest BCUT2D eigenvalue weighted by Crippen LogP contribution is -1.92. The molecular weight excluding hydrogens is 162 g/mol. The van der Waals surface area contributed by atoms with Gasteiger partial charge < -0.3 is 5.32 Å². The summed E-state index contributed by atoms with van der Waals surface area (Å²) in [7, 11) is 1.89. The Hall–Kier alpha value is -1.51. The zero-order chi connectivity index (χ0) is 9.68. The highest BCUT2D eigenvalue weighted by Gasteiger charge is 1.96. The molecular formula is C10H15N3. The monoisotopic (exact) mass is 177 g/mol. The molecule has 0 aliphatic rings. The number of pyridine rings is 1. The molecule has 0 fully saturated rings. The quantitative estimate of drug-likeness (QED) is 0.724. The van der Waals surface area contributed by atoms with Crippen LogP contribution in [0.2, 0.25) is 0 Å². The smallest absolute Gasteiger partial charge is 0.138 e. The molecule has 0 aliphatic carbocycles. The molecule has 0 radical (unpaired) electrons. The number of hydrogen-bond acceptors (Lipinski definition) is 2. The fourth-order valence-electron chi connectivity index (χ4n) is 1.12. The lowest BCUT2D eigenvalue weighted by atomic mass is 10.5. The Bertz CT molecular complexity index is 365. The SMILES string of the molecule is CC.CNc1cnc2ccccn12. The predicted octanol–water partition coefficient (Wildman–Crippen LogP) is 2.40. The van der Waals surface area contributed by atoms with Crippen LogP contribution in [0.1, 0.15) is 13.8 Å². The summed E-state index contributed by atoms with van der Waals surface area (Å²) in [5.74, 6) is 1.01. The summed E-state index contributed by atoms with van der Waals surface area (Å²) >= 11 is 0. The Morgan fingerprint density at radius 1 is 1.31 bits per heavy atom. The third-order valence-corrected chi connectivity index (χ3v) is 1.67. The van der Waals surface area contributed by atoms with Crippen molar-refractivity contribution in [2.24, 2.45) is 0 Å². The second kappa shape index (κ2) is 4.50. The van der Waals surface area contributed by atoms with E-state index in [1.54, 1.807) is 0 Å². The number of anilines is 1. The van der Waals surface area contributed by atoms with E-state index in [4.69, 9.17) is 0 Å². The van der Waals surface area contributed by atoms with Crippen molar-refractivity contribution in [2.45, 2.75) is 13.8 Å². The van der Waals surface area contributed by atoms with Crippen molar-refractivity contribution in [3.8, 4) is 0 Å². The van der Waals surface area contributed by atoms with Crippen molar-refractivity contribution in [2.75, 3.05) is 12.4 Å². The van der Waals surface area contributed by atoms with Crippen LogP contribution in [0.5, 0.6) is 0 Å². The van der Waals surface area contributed by atoms with Crippen LogP contribution in [0.15, 0.2) is 30.6 Å². The van der Waals surface area contributed by atoms with Crippen LogP contribution < -0.4 is 5.32 Å². The molecule has 0 aromatic carbocycles. The highest BCUT2D eigenvalue weighted by Crippen LogP contribution is 2.09. The standard InChI is InChI=1S/C8H9N3.C2H6/c1-9-8-6-10-7-4-2-3-5-11(7)8;1-2/h2-6,9H,1H3;1-2H3. The first kappa shape index (κ1) is 9.58. The van der Waals surface area contributed by atoms with Gasteiger partial charge in [0.2, 0.25) is 0 Å². The number of aromatic nitrogens is 2. The molecule has 0 saturated heterocycles. The first-order chi connectivity index (χ1) is 6.42. The van der Waals surface area contributed by atoms with Crippen LogP contribution in [-0.4, -0.2) is 16.4 Å². The van der Waals surface area contributed by atoms with Gasteiger partial charge in [-0.3, -0.25) is 4.40 Å². The molecule has 70 valence electrons. The number of nitrogens with one attached hydrogen (secondary N) is 1. The summed E-state index contributed by atoms with van der Waals surface area (Å²) in [6.45, 7) is 4.00. The minimum atomic E-state index is 0.969. The van der Waals surface area contributed by atoms with Crippen LogP contribution in [0.4, 0.5) is 5.82 Å². The van der Waals surface area contributed by atoms with Crippen LogP contribution >= 0.6 is 0 Å². The third kappa shape index (κ3) is 1.80. The fraction of sp³-hybridized carbons (Fsp3) is 0.300. The van der Waals surface area contributed by atoms with E-state index in [1.807, 2.05) is 55.9 Å². The molecule has 1 N–H and O–H groups in total. The largest absolute Gasteiger partial charge is 0.373 e. The molecule has 0 unspecified atom stereocenters. The number of fused-ring (bicyclic) bond motifs is 1. The summed E-state index contributed by atoms with van der Waals surface area (Å²) in [4.78, 5) is 4.19. The summed E-state index contributed by atoms with van der Waals surface area (Å²) in [5, 5.41) is 3.05. The normalized spacial score (nSPS) is 9.15. The van der Waals surface area contributed by atoms with Gasteiger partial charge in [-0.25, -0.2) is 4.98 Å². The van der Waals surface area contributed by atoms with E-state index in [-0.39, 0.29) is 0 Å². The molecule has 0 amide bonds. The second-order valence-corrected chi connectivity index (χ2v) is 2.32. The van der Waals surface area contributed by atoms with Crippen molar-refractivity contribution < 1.29 is 0 Å². The Balaban J connectivity index is 0.000000396. The third-order valence-electron chi connectivity index (χ3n) is 1.67. The summed E-state index contributed by atoms with van der Waals surface area (Å²) in [5.41, 5.74) is 0.969. The van der Waals surface area contributed by atoms with Crippen molar-refractivity contribution in [1.82, 2.24) is 9.38 Å². The minimum absolute atomic E-state index is 0.969. The number of rotatable bonds is 1. The van der Waals surface area contributed by atoms with Crippen molar-refractivity contribution in [3.05, 3.63) is 30.6 Å². The molecule has 0 spiro atoms. The zero-order valence-electron chi connectivity index (χ0n) is 8.28. The number of imidazole rings is 1. The Morgan fingerprint density at radius 3 is 2.77 bits per heavy atom. The number of hydrogen-bond donors (Lipinski definition) is 1. The fourth-order valence-corrected chi connectivity index (χ4v) is 1.12. The lowest BCUT2D eigenvalue weighted by molar-refractivity contribution is 1.18. The van der Waals surface area contributed by atoms with E-state index in [2.05, 4.69) is 10.3 Å². The van der Waals surface area contributed by atoms with E-state index >= 15 is 0 Å². The summed E-state index contributed by atoms with van der Waals surface area (Å²) in [6.07, 6.45) is 3.80. The van der Waals surface area contributed by atoms with Gasteiger partial charge >= 0.3 is 0 Å². The highest BCUT2D eigenvalue weighted by molar-refractivity contribution is 5.49. The molecule has 0 saturated carbocycles. The first-order valence-corrected chi connectivity index (χ1v) is 4.51. The molecule has 2 rings (SSSR count). The van der Waals surface area contributed by atoms with E-state index in [1.165, 1.54) is 0 Å².